The van der Waals surface area contributed by atoms with Gasteiger partial charge < -0.3 is 10.4 Å². The molecule has 0 bridgehead atoms. The Morgan fingerprint density at radius 1 is 1.23 bits per heavy atom. The molecule has 9 heteroatoms. The van der Waals surface area contributed by atoms with Crippen LogP contribution in [-0.4, -0.2) is 38.7 Å². The molecule has 0 saturated carbocycles. The number of fused-ring (bicyclic) bond motifs is 1. The maximum Gasteiger partial charge on any atom is 0.404 e. The topological polar surface area (TPSA) is 122 Å². The number of amides is 3. The lowest BCUT2D eigenvalue weighted by Gasteiger charge is -2.21. The lowest BCUT2D eigenvalue weighted by Crippen LogP contribution is -2.44. The summed E-state index contributed by atoms with van der Waals surface area (Å²) in [7, 11) is 1.66. The Morgan fingerprint density at radius 2 is 2.00 bits per heavy atom. The molecular weight excluding hydrogens is 400 g/mol. The zero-order chi connectivity index (χ0) is 22.4. The van der Waals surface area contributed by atoms with Crippen molar-refractivity contribution in [1.82, 2.24) is 19.8 Å². The quantitative estimate of drug-likeness (QED) is 0.355. The van der Waals surface area contributed by atoms with Crippen LogP contribution in [0.5, 0.6) is 0 Å². The third-order valence-electron chi connectivity index (χ3n) is 5.35. The van der Waals surface area contributed by atoms with E-state index in [0.29, 0.717) is 36.0 Å². The molecule has 1 aromatic carbocycles. The molecule has 9 nitrogen and oxygen atoms in total. The largest absolute Gasteiger partial charge is 0.465 e. The van der Waals surface area contributed by atoms with Crippen molar-refractivity contribution in [3.63, 3.8) is 0 Å². The van der Waals surface area contributed by atoms with Crippen LogP contribution in [0, 0.1) is 11.8 Å². The number of nitrogens with zero attached hydrogens (tertiary/aromatic N) is 2. The van der Waals surface area contributed by atoms with Crippen LogP contribution >= 0.6 is 0 Å². The highest BCUT2D eigenvalue weighted by atomic mass is 16.4. The smallest absolute Gasteiger partial charge is 0.404 e. The number of rotatable bonds is 7. The van der Waals surface area contributed by atoms with Gasteiger partial charge in [-0.3, -0.25) is 24.0 Å². The van der Waals surface area contributed by atoms with E-state index < -0.39 is 18.0 Å². The molecule has 0 spiro atoms. The van der Waals surface area contributed by atoms with Crippen molar-refractivity contribution in [3.05, 3.63) is 34.2 Å². The highest BCUT2D eigenvalue weighted by Gasteiger charge is 2.31. The molecule has 3 rings (SSSR count). The van der Waals surface area contributed by atoms with Gasteiger partial charge in [0.15, 0.2) is 0 Å². The highest BCUT2D eigenvalue weighted by molar-refractivity contribution is 6.00. The minimum absolute atomic E-state index is 0.200. The second-order valence-electron chi connectivity index (χ2n) is 7.55. The van der Waals surface area contributed by atoms with Crippen molar-refractivity contribution in [3.8, 4) is 11.8 Å². The van der Waals surface area contributed by atoms with Crippen LogP contribution in [0.3, 0.4) is 0 Å². The maximum absolute atomic E-state index is 12.9. The number of aromatic nitrogens is 2. The molecular formula is C22H26N4O5. The Labute approximate surface area is 179 Å². The summed E-state index contributed by atoms with van der Waals surface area (Å²) in [6, 6.07) is 4.73. The molecule has 1 fully saturated rings. The number of hydrogen-bond acceptors (Lipinski definition) is 4. The molecule has 1 aliphatic heterocycles. The molecule has 2 heterocycles. The SMILES string of the molecule is Cn1c(=O)n(C2CCC(=O)NC2=O)c2cccc(C#CCCCCCCNC(=O)O)c21. The van der Waals surface area contributed by atoms with Crippen LogP contribution in [-0.2, 0) is 16.6 Å². The molecule has 0 aliphatic carbocycles. The normalized spacial score (nSPS) is 16.0. The number of para-hydroxylation sites is 1. The van der Waals surface area contributed by atoms with Gasteiger partial charge in [0.2, 0.25) is 11.8 Å². The first-order valence-corrected chi connectivity index (χ1v) is 10.4. The van der Waals surface area contributed by atoms with Crippen LogP contribution in [0.15, 0.2) is 23.0 Å². The van der Waals surface area contributed by atoms with Gasteiger partial charge in [-0.15, -0.1) is 0 Å². The van der Waals surface area contributed by atoms with E-state index in [1.807, 2.05) is 12.1 Å². The number of carbonyl (C=O) groups is 3. The predicted octanol–water partition coefficient (Wildman–Crippen LogP) is 1.89. The number of carboxylic acid groups (broad SMARTS) is 1. The van der Waals surface area contributed by atoms with Crippen molar-refractivity contribution in [2.45, 2.75) is 51.0 Å². The van der Waals surface area contributed by atoms with E-state index in [9.17, 15) is 19.2 Å². The predicted molar refractivity (Wildman–Crippen MR) is 115 cm³/mol. The number of benzene rings is 1. The van der Waals surface area contributed by atoms with Crippen LogP contribution in [0.2, 0.25) is 0 Å². The van der Waals surface area contributed by atoms with Gasteiger partial charge in [-0.2, -0.15) is 0 Å². The number of nitrogens with one attached hydrogen (secondary N) is 2. The first kappa shape index (κ1) is 22.2. The molecule has 3 amide bonds. The van der Waals surface area contributed by atoms with E-state index in [1.54, 1.807) is 13.1 Å². The molecule has 0 radical (unpaired) electrons. The average molecular weight is 426 g/mol. The molecule has 1 unspecified atom stereocenters. The van der Waals surface area contributed by atoms with Crippen molar-refractivity contribution in [2.24, 2.45) is 7.05 Å². The molecule has 1 saturated heterocycles. The number of imidazole rings is 1. The van der Waals surface area contributed by atoms with E-state index in [1.165, 1.54) is 9.13 Å². The number of unbranched alkanes of at least 4 members (excludes halogenated alkanes) is 4. The second kappa shape index (κ2) is 9.98. The van der Waals surface area contributed by atoms with E-state index in [0.717, 1.165) is 25.7 Å². The molecule has 1 aromatic heterocycles. The van der Waals surface area contributed by atoms with E-state index in [-0.39, 0.29) is 18.0 Å². The van der Waals surface area contributed by atoms with Crippen LogP contribution in [0.4, 0.5) is 4.79 Å². The van der Waals surface area contributed by atoms with Crippen molar-refractivity contribution < 1.29 is 19.5 Å². The monoisotopic (exact) mass is 426 g/mol. The third-order valence-corrected chi connectivity index (χ3v) is 5.35. The molecule has 1 atom stereocenters. The minimum Gasteiger partial charge on any atom is -0.465 e. The minimum atomic E-state index is -0.999. The Hall–Kier alpha value is -3.54. The number of hydrogen-bond donors (Lipinski definition) is 3. The fourth-order valence-electron chi connectivity index (χ4n) is 3.81. The number of aryl methyl sites for hydroxylation is 1. The van der Waals surface area contributed by atoms with Crippen LogP contribution in [0.25, 0.3) is 11.0 Å². The molecule has 164 valence electrons. The van der Waals surface area contributed by atoms with Gasteiger partial charge in [-0.05, 0) is 31.4 Å². The first-order valence-electron chi connectivity index (χ1n) is 10.4. The summed E-state index contributed by atoms with van der Waals surface area (Å²) in [4.78, 5) is 47.0. The lowest BCUT2D eigenvalue weighted by atomic mass is 10.1. The van der Waals surface area contributed by atoms with E-state index in [4.69, 9.17) is 5.11 Å². The van der Waals surface area contributed by atoms with Crippen molar-refractivity contribution >= 4 is 28.9 Å². The molecule has 3 N–H and O–H groups in total. The van der Waals surface area contributed by atoms with Gasteiger partial charge >= 0.3 is 11.8 Å². The maximum atomic E-state index is 12.9. The third kappa shape index (κ3) is 5.15. The Kier molecular flexibility index (Phi) is 7.13. The van der Waals surface area contributed by atoms with Crippen LogP contribution in [0.1, 0.15) is 56.6 Å². The van der Waals surface area contributed by atoms with E-state index >= 15 is 0 Å². The van der Waals surface area contributed by atoms with Gasteiger partial charge in [0.05, 0.1) is 16.6 Å². The Bertz CT molecular complexity index is 1120. The molecule has 1 aliphatic rings. The van der Waals surface area contributed by atoms with Gasteiger partial charge in [-0.25, -0.2) is 9.59 Å². The summed E-state index contributed by atoms with van der Waals surface area (Å²) in [6.45, 7) is 0.460. The first-order chi connectivity index (χ1) is 14.9. The zero-order valence-electron chi connectivity index (χ0n) is 17.4. The summed E-state index contributed by atoms with van der Waals surface area (Å²) in [5, 5.41) is 13.2. The van der Waals surface area contributed by atoms with Gasteiger partial charge in [0.1, 0.15) is 6.04 Å². The van der Waals surface area contributed by atoms with Gasteiger partial charge in [0.25, 0.3) is 0 Å². The zero-order valence-corrected chi connectivity index (χ0v) is 17.4. The summed E-state index contributed by atoms with van der Waals surface area (Å²) in [5.74, 6) is 5.51. The Balaban J connectivity index is 1.70. The molecule has 2 aromatic rings. The highest BCUT2D eigenvalue weighted by Crippen LogP contribution is 2.24. The van der Waals surface area contributed by atoms with Crippen LogP contribution < -0.4 is 16.3 Å². The number of imide groups is 1. The average Bonchev–Trinajstić information content (AvgIpc) is 2.98. The van der Waals surface area contributed by atoms with Gasteiger partial charge in [-0.1, -0.05) is 30.7 Å². The van der Waals surface area contributed by atoms with Gasteiger partial charge in [0, 0.05) is 26.4 Å². The summed E-state index contributed by atoms with van der Waals surface area (Å²) in [6.07, 6.45) is 3.80. The molecule has 31 heavy (non-hydrogen) atoms. The fourth-order valence-corrected chi connectivity index (χ4v) is 3.81. The Morgan fingerprint density at radius 3 is 2.74 bits per heavy atom. The summed E-state index contributed by atoms with van der Waals surface area (Å²) < 4.78 is 2.95. The number of carbonyl (C=O) groups excluding carboxylic acids is 2. The lowest BCUT2D eigenvalue weighted by molar-refractivity contribution is -0.135. The number of piperidine rings is 1. The van der Waals surface area contributed by atoms with Crippen molar-refractivity contribution in [1.29, 1.82) is 0 Å². The summed E-state index contributed by atoms with van der Waals surface area (Å²) >= 11 is 0. The summed E-state index contributed by atoms with van der Waals surface area (Å²) in [5.41, 5.74) is 1.70. The fraction of sp³-hybridized carbons (Fsp3) is 0.455. The second-order valence-corrected chi connectivity index (χ2v) is 7.55. The standard InChI is InChI=1S/C22H26N4O5/c1-25-19-15(9-6-4-2-3-5-7-14-23-21(29)30)10-8-11-16(19)26(22(25)31)17-12-13-18(27)24-20(17)28/h8,10-11,17,23H,2-5,7,12-14H2,1H3,(H,29,30)(H,24,27,28). The van der Waals surface area contributed by atoms with E-state index in [2.05, 4.69) is 22.5 Å². The van der Waals surface area contributed by atoms with Crippen molar-refractivity contribution in [2.75, 3.05) is 6.54 Å².